The topological polar surface area (TPSA) is 75.7 Å². The summed E-state index contributed by atoms with van der Waals surface area (Å²) in [5.41, 5.74) is 0.327. The molecule has 0 spiro atoms. The van der Waals surface area contributed by atoms with Gasteiger partial charge < -0.3 is 9.64 Å². The molecule has 130 valence electrons. The van der Waals surface area contributed by atoms with Gasteiger partial charge in [0.2, 0.25) is 10.0 Å². The van der Waals surface area contributed by atoms with Crippen molar-refractivity contribution in [2.24, 2.45) is 0 Å². The van der Waals surface area contributed by atoms with E-state index in [0.717, 1.165) is 12.8 Å². The van der Waals surface area contributed by atoms with Gasteiger partial charge in [0.05, 0.1) is 7.11 Å². The standard InChI is InChI=1S/C16H26N2O4S/c1-6-7-10-18(4)16(19)13-8-9-14(22-5)15(11-13)23(20,21)17-12(2)3/h8-9,11-12,17H,6-7,10H2,1-5H3. The molecule has 0 bridgehead atoms. The number of unbranched alkanes of at least 4 members (excludes halogenated alkanes) is 1. The smallest absolute Gasteiger partial charge is 0.253 e. The summed E-state index contributed by atoms with van der Waals surface area (Å²) < 4.78 is 32.5. The second kappa shape index (κ2) is 8.31. The molecule has 0 aliphatic heterocycles. The molecule has 1 amide bonds. The van der Waals surface area contributed by atoms with Crippen LogP contribution < -0.4 is 9.46 Å². The number of carbonyl (C=O) groups excluding carboxylic acids is 1. The molecular formula is C16H26N2O4S. The van der Waals surface area contributed by atoms with Crippen molar-refractivity contribution >= 4 is 15.9 Å². The normalized spacial score (nSPS) is 11.6. The van der Waals surface area contributed by atoms with Crippen LogP contribution in [0.15, 0.2) is 23.1 Å². The first-order valence-electron chi connectivity index (χ1n) is 7.68. The molecule has 0 atom stereocenters. The van der Waals surface area contributed by atoms with Crippen molar-refractivity contribution in [2.75, 3.05) is 20.7 Å². The third-order valence-corrected chi connectivity index (χ3v) is 4.96. The van der Waals surface area contributed by atoms with Crippen LogP contribution in [-0.4, -0.2) is 46.0 Å². The van der Waals surface area contributed by atoms with Crippen LogP contribution in [0.5, 0.6) is 5.75 Å². The van der Waals surface area contributed by atoms with Gasteiger partial charge >= 0.3 is 0 Å². The van der Waals surface area contributed by atoms with Crippen molar-refractivity contribution in [3.8, 4) is 5.75 Å². The number of hydrogen-bond acceptors (Lipinski definition) is 4. The SMILES string of the molecule is CCCCN(C)C(=O)c1ccc(OC)c(S(=O)(=O)NC(C)C)c1. The van der Waals surface area contributed by atoms with Gasteiger partial charge in [0.1, 0.15) is 10.6 Å². The monoisotopic (exact) mass is 342 g/mol. The zero-order valence-corrected chi connectivity index (χ0v) is 15.2. The van der Waals surface area contributed by atoms with E-state index in [1.165, 1.54) is 19.2 Å². The fourth-order valence-corrected chi connectivity index (χ4v) is 3.56. The molecule has 1 aromatic carbocycles. The number of rotatable bonds is 8. The fraction of sp³-hybridized carbons (Fsp3) is 0.562. The maximum atomic E-state index is 12.4. The van der Waals surface area contributed by atoms with E-state index >= 15 is 0 Å². The van der Waals surface area contributed by atoms with Crippen molar-refractivity contribution in [1.29, 1.82) is 0 Å². The highest BCUT2D eigenvalue weighted by atomic mass is 32.2. The molecule has 1 N–H and O–H groups in total. The van der Waals surface area contributed by atoms with Crippen molar-refractivity contribution in [2.45, 2.75) is 44.6 Å². The first-order valence-corrected chi connectivity index (χ1v) is 9.17. The lowest BCUT2D eigenvalue weighted by molar-refractivity contribution is 0.0793. The Labute approximate surface area is 138 Å². The minimum atomic E-state index is -3.75. The Morgan fingerprint density at radius 2 is 2.00 bits per heavy atom. The average Bonchev–Trinajstić information content (AvgIpc) is 2.49. The molecule has 0 aliphatic carbocycles. The maximum absolute atomic E-state index is 12.4. The molecular weight excluding hydrogens is 316 g/mol. The predicted octanol–water partition coefficient (Wildman–Crippen LogP) is 2.25. The highest BCUT2D eigenvalue weighted by Crippen LogP contribution is 2.25. The van der Waals surface area contributed by atoms with Gasteiger partial charge in [-0.15, -0.1) is 0 Å². The van der Waals surface area contributed by atoms with Crippen LogP contribution in [0.4, 0.5) is 0 Å². The van der Waals surface area contributed by atoms with Crippen LogP contribution in [-0.2, 0) is 10.0 Å². The van der Waals surface area contributed by atoms with Gasteiger partial charge in [-0.25, -0.2) is 13.1 Å². The largest absolute Gasteiger partial charge is 0.495 e. The van der Waals surface area contributed by atoms with Crippen LogP contribution in [0.3, 0.4) is 0 Å². The Bertz CT molecular complexity index is 641. The van der Waals surface area contributed by atoms with E-state index in [-0.39, 0.29) is 22.6 Å². The van der Waals surface area contributed by atoms with E-state index in [9.17, 15) is 13.2 Å². The molecule has 0 aromatic heterocycles. The summed E-state index contributed by atoms with van der Waals surface area (Å²) in [5, 5.41) is 0. The number of hydrogen-bond donors (Lipinski definition) is 1. The summed E-state index contributed by atoms with van der Waals surface area (Å²) in [4.78, 5) is 14.0. The van der Waals surface area contributed by atoms with Gasteiger partial charge in [0.15, 0.2) is 0 Å². The van der Waals surface area contributed by atoms with Gasteiger partial charge in [0.25, 0.3) is 5.91 Å². The maximum Gasteiger partial charge on any atom is 0.253 e. The number of nitrogens with zero attached hydrogens (tertiary/aromatic N) is 1. The molecule has 0 radical (unpaired) electrons. The van der Waals surface area contributed by atoms with Crippen LogP contribution in [0, 0.1) is 0 Å². The molecule has 6 nitrogen and oxygen atoms in total. The van der Waals surface area contributed by atoms with Crippen molar-refractivity contribution < 1.29 is 17.9 Å². The van der Waals surface area contributed by atoms with Crippen molar-refractivity contribution in [1.82, 2.24) is 9.62 Å². The van der Waals surface area contributed by atoms with Crippen molar-refractivity contribution in [3.63, 3.8) is 0 Å². The van der Waals surface area contributed by atoms with E-state index in [0.29, 0.717) is 12.1 Å². The molecule has 23 heavy (non-hydrogen) atoms. The highest BCUT2D eigenvalue weighted by Gasteiger charge is 2.23. The lowest BCUT2D eigenvalue weighted by atomic mass is 10.2. The summed E-state index contributed by atoms with van der Waals surface area (Å²) in [6.45, 7) is 6.15. The minimum absolute atomic E-state index is 0.0246. The zero-order chi connectivity index (χ0) is 17.6. The number of ether oxygens (including phenoxy) is 1. The summed E-state index contributed by atoms with van der Waals surface area (Å²) in [7, 11) is -0.634. The molecule has 0 heterocycles. The number of nitrogens with one attached hydrogen (secondary N) is 1. The van der Waals surface area contributed by atoms with Crippen LogP contribution in [0.1, 0.15) is 44.0 Å². The van der Waals surface area contributed by atoms with Gasteiger partial charge in [-0.1, -0.05) is 13.3 Å². The fourth-order valence-electron chi connectivity index (χ4n) is 2.11. The van der Waals surface area contributed by atoms with Gasteiger partial charge in [-0.3, -0.25) is 4.79 Å². The quantitative estimate of drug-likeness (QED) is 0.786. The zero-order valence-electron chi connectivity index (χ0n) is 14.4. The van der Waals surface area contributed by atoms with Gasteiger partial charge in [-0.2, -0.15) is 0 Å². The summed E-state index contributed by atoms with van der Waals surface area (Å²) in [6, 6.07) is 4.21. The predicted molar refractivity (Wildman–Crippen MR) is 90.3 cm³/mol. The molecule has 0 saturated carbocycles. The molecule has 1 rings (SSSR count). The number of carbonyl (C=O) groups is 1. The average molecular weight is 342 g/mol. The molecule has 0 unspecified atom stereocenters. The number of sulfonamides is 1. The first kappa shape index (κ1) is 19.4. The second-order valence-corrected chi connectivity index (χ2v) is 7.40. The summed E-state index contributed by atoms with van der Waals surface area (Å²) in [6.07, 6.45) is 1.89. The lowest BCUT2D eigenvalue weighted by Crippen LogP contribution is -2.31. The first-order chi connectivity index (χ1) is 10.7. The lowest BCUT2D eigenvalue weighted by Gasteiger charge is -2.18. The third kappa shape index (κ3) is 5.21. The Kier molecular flexibility index (Phi) is 7.02. The van der Waals surface area contributed by atoms with Gasteiger partial charge in [-0.05, 0) is 38.5 Å². The third-order valence-electron chi connectivity index (χ3n) is 3.28. The van der Waals surface area contributed by atoms with E-state index in [2.05, 4.69) is 4.72 Å². The van der Waals surface area contributed by atoms with E-state index in [4.69, 9.17) is 4.74 Å². The number of benzene rings is 1. The minimum Gasteiger partial charge on any atom is -0.495 e. The molecule has 1 aromatic rings. The Morgan fingerprint density at radius 1 is 1.35 bits per heavy atom. The highest BCUT2D eigenvalue weighted by molar-refractivity contribution is 7.89. The van der Waals surface area contributed by atoms with Crippen LogP contribution >= 0.6 is 0 Å². The van der Waals surface area contributed by atoms with E-state index in [1.54, 1.807) is 31.9 Å². The Hall–Kier alpha value is -1.60. The van der Waals surface area contributed by atoms with Crippen LogP contribution in [0.25, 0.3) is 0 Å². The second-order valence-electron chi connectivity index (χ2n) is 5.72. The molecule has 7 heteroatoms. The number of methoxy groups -OCH3 is 1. The number of amides is 1. The summed E-state index contributed by atoms with van der Waals surface area (Å²) in [5.74, 6) is 0.00742. The van der Waals surface area contributed by atoms with Crippen molar-refractivity contribution in [3.05, 3.63) is 23.8 Å². The summed E-state index contributed by atoms with van der Waals surface area (Å²) >= 11 is 0. The molecule has 0 saturated heterocycles. The molecule has 0 aliphatic rings. The Morgan fingerprint density at radius 3 is 2.52 bits per heavy atom. The Balaban J connectivity index is 3.20. The van der Waals surface area contributed by atoms with Crippen LogP contribution in [0.2, 0.25) is 0 Å². The molecule has 0 fully saturated rings. The van der Waals surface area contributed by atoms with Gasteiger partial charge in [0, 0.05) is 25.2 Å². The van der Waals surface area contributed by atoms with E-state index in [1.807, 2.05) is 6.92 Å². The van der Waals surface area contributed by atoms with E-state index < -0.39 is 10.0 Å².